The van der Waals surface area contributed by atoms with Crippen molar-refractivity contribution in [3.05, 3.63) is 33.9 Å². The van der Waals surface area contributed by atoms with E-state index in [1.165, 1.54) is 46.8 Å². The first-order valence-corrected chi connectivity index (χ1v) is 8.65. The van der Waals surface area contributed by atoms with Crippen molar-refractivity contribution in [2.75, 3.05) is 0 Å². The van der Waals surface area contributed by atoms with Crippen LogP contribution in [0.2, 0.25) is 0 Å². The number of benzene rings is 1. The first kappa shape index (κ1) is 15.6. The molecule has 0 radical (unpaired) electrons. The second-order valence-corrected chi connectivity index (χ2v) is 7.45. The molecule has 0 bridgehead atoms. The molecule has 0 saturated heterocycles. The Morgan fingerprint density at radius 2 is 2.00 bits per heavy atom. The summed E-state index contributed by atoms with van der Waals surface area (Å²) in [6.45, 7) is 4.35. The molecule has 1 fully saturated rings. The molecule has 0 amide bonds. The zero-order valence-electron chi connectivity index (χ0n) is 13.4. The number of aromatic nitrogens is 1. The summed E-state index contributed by atoms with van der Waals surface area (Å²) in [6, 6.07) is 6.40. The Kier molecular flexibility index (Phi) is 4.06. The van der Waals surface area contributed by atoms with Crippen molar-refractivity contribution in [1.29, 1.82) is 0 Å². The van der Waals surface area contributed by atoms with Crippen LogP contribution in [0.25, 0.3) is 10.9 Å². The van der Waals surface area contributed by atoms with Crippen molar-refractivity contribution >= 4 is 33.3 Å². The van der Waals surface area contributed by atoms with Gasteiger partial charge in [0.25, 0.3) is 6.47 Å². The van der Waals surface area contributed by atoms with Gasteiger partial charge >= 0.3 is 0 Å². The Balaban J connectivity index is 2.14. The van der Waals surface area contributed by atoms with Gasteiger partial charge in [-0.25, -0.2) is 0 Å². The molecule has 4 heteroatoms. The third-order valence-electron chi connectivity index (χ3n) is 4.97. The van der Waals surface area contributed by atoms with Gasteiger partial charge in [0.2, 0.25) is 0 Å². The Morgan fingerprint density at radius 3 is 2.64 bits per heavy atom. The molecule has 1 saturated carbocycles. The summed E-state index contributed by atoms with van der Waals surface area (Å²) in [5, 5.41) is 1.31. The van der Waals surface area contributed by atoms with E-state index < -0.39 is 5.60 Å². The highest BCUT2D eigenvalue weighted by Crippen LogP contribution is 2.43. The number of rotatable bonds is 4. The fourth-order valence-electron chi connectivity index (χ4n) is 3.60. The van der Waals surface area contributed by atoms with Crippen molar-refractivity contribution in [2.45, 2.75) is 51.0 Å². The second-order valence-electron chi connectivity index (χ2n) is 6.70. The van der Waals surface area contributed by atoms with Crippen LogP contribution < -0.4 is 0 Å². The van der Waals surface area contributed by atoms with E-state index in [4.69, 9.17) is 4.74 Å². The number of halogens is 1. The van der Waals surface area contributed by atoms with Gasteiger partial charge in [0.05, 0.1) is 4.60 Å². The fourth-order valence-corrected chi connectivity index (χ4v) is 4.33. The van der Waals surface area contributed by atoms with Crippen molar-refractivity contribution in [3.63, 3.8) is 0 Å². The monoisotopic (exact) mass is 363 g/mol. The predicted molar refractivity (Wildman–Crippen MR) is 92.0 cm³/mol. The molecule has 1 heterocycles. The number of carbonyl (C=O) groups is 1. The van der Waals surface area contributed by atoms with Crippen molar-refractivity contribution in [3.8, 4) is 0 Å². The highest BCUT2D eigenvalue weighted by molar-refractivity contribution is 9.10. The van der Waals surface area contributed by atoms with E-state index in [0.29, 0.717) is 12.4 Å². The average molecular weight is 364 g/mol. The van der Waals surface area contributed by atoms with Crippen LogP contribution in [0.3, 0.4) is 0 Å². The van der Waals surface area contributed by atoms with E-state index in [9.17, 15) is 4.79 Å². The molecular formula is C18H22BrNO2. The van der Waals surface area contributed by atoms with Crippen LogP contribution in [0.5, 0.6) is 0 Å². The van der Waals surface area contributed by atoms with Crippen LogP contribution in [0, 0.1) is 0 Å². The Bertz CT molecular complexity index is 711. The van der Waals surface area contributed by atoms with Gasteiger partial charge in [-0.2, -0.15) is 0 Å². The van der Waals surface area contributed by atoms with Crippen LogP contribution >= 0.6 is 15.9 Å². The SMILES string of the molecule is Cn1c(Br)c(C2CCCC2)c2ccc(C(C)(C)OC=O)cc21. The van der Waals surface area contributed by atoms with Crippen molar-refractivity contribution in [2.24, 2.45) is 7.05 Å². The minimum atomic E-state index is -0.611. The smallest absolute Gasteiger partial charge is 0.293 e. The summed E-state index contributed by atoms with van der Waals surface area (Å²) in [5.41, 5.74) is 3.03. The molecule has 1 aromatic carbocycles. The molecule has 3 nitrogen and oxygen atoms in total. The number of nitrogens with zero attached hydrogens (tertiary/aromatic N) is 1. The molecule has 0 aliphatic heterocycles. The number of ether oxygens (including phenoxy) is 1. The molecule has 0 atom stereocenters. The highest BCUT2D eigenvalue weighted by Gasteiger charge is 2.27. The van der Waals surface area contributed by atoms with E-state index in [0.717, 1.165) is 5.56 Å². The van der Waals surface area contributed by atoms with Crippen LogP contribution in [0.4, 0.5) is 0 Å². The van der Waals surface area contributed by atoms with Gasteiger partial charge in [-0.15, -0.1) is 0 Å². The largest absolute Gasteiger partial charge is 0.457 e. The number of aryl methyl sites for hydroxylation is 1. The lowest BCUT2D eigenvalue weighted by Crippen LogP contribution is -2.20. The minimum absolute atomic E-state index is 0.523. The van der Waals surface area contributed by atoms with E-state index >= 15 is 0 Å². The molecule has 3 rings (SSSR count). The molecule has 1 aromatic heterocycles. The first-order chi connectivity index (χ1) is 10.5. The summed E-state index contributed by atoms with van der Waals surface area (Å²) in [7, 11) is 2.09. The maximum Gasteiger partial charge on any atom is 0.293 e. The number of hydrogen-bond acceptors (Lipinski definition) is 2. The first-order valence-electron chi connectivity index (χ1n) is 7.85. The van der Waals surface area contributed by atoms with Crippen LogP contribution in [-0.2, 0) is 22.2 Å². The Morgan fingerprint density at radius 1 is 1.32 bits per heavy atom. The molecule has 118 valence electrons. The minimum Gasteiger partial charge on any atom is -0.457 e. The van der Waals surface area contributed by atoms with E-state index in [2.05, 4.69) is 45.7 Å². The Hall–Kier alpha value is -1.29. The van der Waals surface area contributed by atoms with Crippen LogP contribution in [0.15, 0.2) is 22.8 Å². The summed E-state index contributed by atoms with van der Waals surface area (Å²) in [6.07, 6.45) is 5.20. The third-order valence-corrected chi connectivity index (χ3v) is 5.93. The standard InChI is InChI=1S/C18H22BrNO2/c1-18(2,22-11-21)13-8-9-14-15(10-13)20(3)17(19)16(14)12-6-4-5-7-12/h8-12H,4-7H2,1-3H3. The second kappa shape index (κ2) is 5.73. The van der Waals surface area contributed by atoms with Gasteiger partial charge in [0.15, 0.2) is 0 Å². The van der Waals surface area contributed by atoms with Gasteiger partial charge in [-0.05, 0) is 65.7 Å². The molecular weight excluding hydrogens is 342 g/mol. The molecule has 0 unspecified atom stereocenters. The summed E-state index contributed by atoms with van der Waals surface area (Å²) < 4.78 is 8.62. The van der Waals surface area contributed by atoms with Crippen LogP contribution in [0.1, 0.15) is 56.6 Å². The van der Waals surface area contributed by atoms with Crippen LogP contribution in [-0.4, -0.2) is 11.0 Å². The maximum absolute atomic E-state index is 10.7. The molecule has 0 N–H and O–H groups in total. The third kappa shape index (κ3) is 2.47. The van der Waals surface area contributed by atoms with Gasteiger partial charge in [-0.1, -0.05) is 25.0 Å². The van der Waals surface area contributed by atoms with E-state index in [-0.39, 0.29) is 0 Å². The topological polar surface area (TPSA) is 31.2 Å². The lowest BCUT2D eigenvalue weighted by molar-refractivity contribution is -0.141. The van der Waals surface area contributed by atoms with Gasteiger partial charge in [-0.3, -0.25) is 4.79 Å². The fraction of sp³-hybridized carbons (Fsp3) is 0.500. The van der Waals surface area contributed by atoms with Gasteiger partial charge < -0.3 is 9.30 Å². The normalized spacial score (nSPS) is 16.4. The van der Waals surface area contributed by atoms with Gasteiger partial charge in [0.1, 0.15) is 5.60 Å². The number of fused-ring (bicyclic) bond motifs is 1. The summed E-state index contributed by atoms with van der Waals surface area (Å²) >= 11 is 3.78. The maximum atomic E-state index is 10.7. The zero-order chi connectivity index (χ0) is 15.9. The van der Waals surface area contributed by atoms with E-state index in [1.807, 2.05) is 13.8 Å². The Labute approximate surface area is 139 Å². The quantitative estimate of drug-likeness (QED) is 0.715. The zero-order valence-corrected chi connectivity index (χ0v) is 14.9. The average Bonchev–Trinajstić information content (AvgIpc) is 3.07. The predicted octanol–water partition coefficient (Wildman–Crippen LogP) is 5.01. The summed E-state index contributed by atoms with van der Waals surface area (Å²) in [5.74, 6) is 0.656. The lowest BCUT2D eigenvalue weighted by atomic mass is 9.93. The molecule has 2 aromatic rings. The molecule has 0 spiro atoms. The molecule has 22 heavy (non-hydrogen) atoms. The highest BCUT2D eigenvalue weighted by atomic mass is 79.9. The number of carbonyl (C=O) groups excluding carboxylic acids is 1. The summed E-state index contributed by atoms with van der Waals surface area (Å²) in [4.78, 5) is 10.7. The van der Waals surface area contributed by atoms with Crippen molar-refractivity contribution < 1.29 is 9.53 Å². The van der Waals surface area contributed by atoms with Crippen molar-refractivity contribution in [1.82, 2.24) is 4.57 Å². The van der Waals surface area contributed by atoms with Gasteiger partial charge in [0, 0.05) is 18.0 Å². The molecule has 1 aliphatic rings. The molecule has 1 aliphatic carbocycles. The lowest BCUT2D eigenvalue weighted by Gasteiger charge is -2.23. The van der Waals surface area contributed by atoms with E-state index in [1.54, 1.807) is 0 Å². The number of hydrogen-bond donors (Lipinski definition) is 0.